The number of nitrogens with zero attached hydrogens (tertiary/aromatic N) is 5. The predicted molar refractivity (Wildman–Crippen MR) is 130 cm³/mol. The number of aliphatic hydroxyl groups is 1. The highest BCUT2D eigenvalue weighted by molar-refractivity contribution is 7.80. The van der Waals surface area contributed by atoms with Gasteiger partial charge in [0.1, 0.15) is 11.9 Å². The zero-order valence-electron chi connectivity index (χ0n) is 19.0. The van der Waals surface area contributed by atoms with Crippen molar-refractivity contribution in [1.82, 2.24) is 9.91 Å². The molecule has 1 fully saturated rings. The predicted octanol–water partition coefficient (Wildman–Crippen LogP) is 2.25. The third kappa shape index (κ3) is 4.44. The first kappa shape index (κ1) is 23.5. The molecule has 3 aliphatic rings. The summed E-state index contributed by atoms with van der Waals surface area (Å²) in [4.78, 5) is 17.4. The van der Waals surface area contributed by atoms with Gasteiger partial charge in [0.25, 0.3) is 5.90 Å². The molecule has 2 atom stereocenters. The lowest BCUT2D eigenvalue weighted by atomic mass is 9.95. The van der Waals surface area contributed by atoms with Crippen LogP contribution in [0.3, 0.4) is 0 Å². The van der Waals surface area contributed by atoms with Crippen LogP contribution >= 0.6 is 12.6 Å². The Morgan fingerprint density at radius 3 is 2.69 bits per heavy atom. The largest absolute Gasteiger partial charge is 0.478 e. The van der Waals surface area contributed by atoms with Gasteiger partial charge in [0.2, 0.25) is 5.56 Å². The molecule has 4 heterocycles. The van der Waals surface area contributed by atoms with Crippen molar-refractivity contribution >= 4 is 35.9 Å². The van der Waals surface area contributed by atoms with Crippen LogP contribution in [0.4, 0.5) is 15.8 Å². The van der Waals surface area contributed by atoms with Crippen LogP contribution in [0.25, 0.3) is 0 Å². The summed E-state index contributed by atoms with van der Waals surface area (Å²) in [6.07, 6.45) is 1.59. The summed E-state index contributed by atoms with van der Waals surface area (Å²) < 4.78 is 26.1. The Morgan fingerprint density at radius 1 is 1.26 bits per heavy atom. The van der Waals surface area contributed by atoms with Crippen LogP contribution in [-0.4, -0.2) is 76.9 Å². The minimum Gasteiger partial charge on any atom is -0.478 e. The fraction of sp³-hybridized carbons (Fsp3) is 0.391. The smallest absolute Gasteiger partial charge is 0.336 e. The molecule has 12 heteroatoms. The van der Waals surface area contributed by atoms with Gasteiger partial charge in [0.05, 0.1) is 24.2 Å². The number of carboxylic acid groups (broad SMARTS) is 1. The van der Waals surface area contributed by atoms with Crippen molar-refractivity contribution in [2.45, 2.75) is 18.6 Å². The number of fused-ring (bicyclic) bond motifs is 1. The Hall–Kier alpha value is -3.22. The second kappa shape index (κ2) is 9.44. The van der Waals surface area contributed by atoms with Gasteiger partial charge < -0.3 is 29.2 Å². The molecule has 186 valence electrons. The molecule has 0 amide bonds. The van der Waals surface area contributed by atoms with E-state index in [9.17, 15) is 15.0 Å². The fourth-order valence-electron chi connectivity index (χ4n) is 4.48. The maximum atomic E-state index is 15.1. The summed E-state index contributed by atoms with van der Waals surface area (Å²) >= 11 is 4.45. The second-order valence-corrected chi connectivity index (χ2v) is 8.89. The molecule has 10 nitrogen and oxygen atoms in total. The molecule has 0 spiro atoms. The van der Waals surface area contributed by atoms with Gasteiger partial charge in [-0.05, 0) is 31.2 Å². The Kier molecular flexibility index (Phi) is 6.34. The number of furan rings is 1. The molecule has 1 aromatic carbocycles. The van der Waals surface area contributed by atoms with Crippen molar-refractivity contribution in [1.29, 1.82) is 0 Å². The summed E-state index contributed by atoms with van der Waals surface area (Å²) in [5.74, 6) is -0.798. The molecule has 3 aliphatic heterocycles. The van der Waals surface area contributed by atoms with E-state index in [0.29, 0.717) is 62.4 Å². The van der Waals surface area contributed by atoms with Crippen LogP contribution in [0.5, 0.6) is 0 Å². The van der Waals surface area contributed by atoms with Crippen LogP contribution in [0.1, 0.15) is 24.4 Å². The summed E-state index contributed by atoms with van der Waals surface area (Å²) in [5.41, 5.74) is 0.588. The van der Waals surface area contributed by atoms with E-state index in [1.165, 1.54) is 12.3 Å². The van der Waals surface area contributed by atoms with Crippen molar-refractivity contribution in [3.63, 3.8) is 0 Å². The van der Waals surface area contributed by atoms with E-state index in [1.807, 2.05) is 11.8 Å². The Balaban J connectivity index is 1.27. The third-order valence-corrected chi connectivity index (χ3v) is 6.73. The lowest BCUT2D eigenvalue weighted by Gasteiger charge is -2.38. The molecule has 1 aromatic heterocycles. The molecule has 2 N–H and O–H groups in total. The number of hydrogen-bond acceptors (Lipinski definition) is 10. The van der Waals surface area contributed by atoms with E-state index in [2.05, 4.69) is 22.6 Å². The summed E-state index contributed by atoms with van der Waals surface area (Å²) in [6.45, 7) is 5.36. The summed E-state index contributed by atoms with van der Waals surface area (Å²) in [6, 6.07) is 6.47. The van der Waals surface area contributed by atoms with Crippen LogP contribution in [0, 0.1) is 5.82 Å². The number of hydrazone groups is 1. The molecule has 0 bridgehead atoms. The third-order valence-electron chi connectivity index (χ3n) is 6.36. The molecule has 35 heavy (non-hydrogen) atoms. The van der Waals surface area contributed by atoms with E-state index in [-0.39, 0.29) is 11.1 Å². The van der Waals surface area contributed by atoms with Crippen LogP contribution in [0.15, 0.2) is 51.8 Å². The number of aliphatic hydroxyl groups excluding tert-OH is 1. The fourth-order valence-corrected chi connectivity index (χ4v) is 4.70. The van der Waals surface area contributed by atoms with E-state index in [0.717, 1.165) is 0 Å². The van der Waals surface area contributed by atoms with Crippen molar-refractivity contribution in [3.05, 3.63) is 59.4 Å². The normalized spacial score (nSPS) is 22.6. The summed E-state index contributed by atoms with van der Waals surface area (Å²) in [5, 5.41) is 26.1. The van der Waals surface area contributed by atoms with Crippen molar-refractivity contribution in [3.8, 4) is 0 Å². The first-order chi connectivity index (χ1) is 16.9. The molecule has 0 radical (unpaired) electrons. The van der Waals surface area contributed by atoms with Crippen LogP contribution in [0.2, 0.25) is 0 Å². The van der Waals surface area contributed by atoms with Crippen molar-refractivity contribution in [2.24, 2.45) is 5.10 Å². The average molecular weight is 504 g/mol. The van der Waals surface area contributed by atoms with E-state index >= 15 is 4.39 Å². The molecule has 5 rings (SSSR count). The number of benzene rings is 1. The molecule has 0 aliphatic carbocycles. The quantitative estimate of drug-likeness (QED) is 0.512. The van der Waals surface area contributed by atoms with Gasteiger partial charge in [-0.3, -0.25) is 4.90 Å². The maximum absolute atomic E-state index is 15.1. The number of thiol groups is 1. The molecular weight excluding hydrogens is 477 g/mol. The minimum atomic E-state index is -1.38. The zero-order valence-corrected chi connectivity index (χ0v) is 19.9. The summed E-state index contributed by atoms with van der Waals surface area (Å²) in [7, 11) is 0. The number of hydrogen-bond donors (Lipinski definition) is 3. The number of halogens is 1. The van der Waals surface area contributed by atoms with Crippen LogP contribution in [-0.2, 0) is 9.53 Å². The number of aliphatic carboxylic acids is 1. The monoisotopic (exact) mass is 503 g/mol. The van der Waals surface area contributed by atoms with Gasteiger partial charge in [-0.1, -0.05) is 0 Å². The number of ether oxygens (including phenoxy) is 1. The first-order valence-electron chi connectivity index (χ1n) is 11.3. The van der Waals surface area contributed by atoms with E-state index in [4.69, 9.17) is 9.15 Å². The van der Waals surface area contributed by atoms with Gasteiger partial charge >= 0.3 is 5.97 Å². The van der Waals surface area contributed by atoms with Gasteiger partial charge in [-0.2, -0.15) is 0 Å². The first-order valence-corrected chi connectivity index (χ1v) is 11.8. The highest BCUT2D eigenvalue weighted by atomic mass is 32.1. The standard InChI is InChI=1S/C23H26FN5O5S/c1-2-27-12-15(22(31)32)20(30)14-10-16(24)18(11-17(14)27)28-7-5-26(6-8-28)13-29-23(35)34-21(25-29)19-4-3-9-33-19/h3-4,9-12,20,23,30,35H,2,5-8,13H2,1H3,(H,31,32). The van der Waals surface area contributed by atoms with E-state index < -0.39 is 23.5 Å². The number of rotatable bonds is 6. The zero-order chi connectivity index (χ0) is 24.7. The van der Waals surface area contributed by atoms with Crippen molar-refractivity contribution in [2.75, 3.05) is 49.2 Å². The second-order valence-electron chi connectivity index (χ2n) is 8.45. The highest BCUT2D eigenvalue weighted by Crippen LogP contribution is 2.40. The molecular formula is C23H26FN5O5S. The highest BCUT2D eigenvalue weighted by Gasteiger charge is 2.33. The van der Waals surface area contributed by atoms with Gasteiger partial charge in [-0.25, -0.2) is 14.2 Å². The molecule has 1 saturated heterocycles. The topological polar surface area (TPSA) is 105 Å². The van der Waals surface area contributed by atoms with Gasteiger partial charge in [0.15, 0.2) is 5.76 Å². The average Bonchev–Trinajstić information content (AvgIpc) is 3.50. The molecule has 2 unspecified atom stereocenters. The Bertz CT molecular complexity index is 1170. The SMILES string of the molecule is CCN1C=C(C(=O)O)C(O)c2cc(F)c(N3CCN(CN4N=C(c5ccco5)OC4S)CC3)cc21. The number of carboxylic acids is 1. The van der Waals surface area contributed by atoms with Crippen molar-refractivity contribution < 1.29 is 28.6 Å². The number of piperazine rings is 1. The lowest BCUT2D eigenvalue weighted by Crippen LogP contribution is -2.50. The van der Waals surface area contributed by atoms with Crippen LogP contribution < -0.4 is 9.80 Å². The Morgan fingerprint density at radius 2 is 2.03 bits per heavy atom. The number of carbonyl (C=O) groups is 1. The number of anilines is 2. The lowest BCUT2D eigenvalue weighted by molar-refractivity contribution is -0.133. The molecule has 0 saturated carbocycles. The molecule has 2 aromatic rings. The van der Waals surface area contributed by atoms with E-state index in [1.54, 1.807) is 34.4 Å². The van der Waals surface area contributed by atoms with Gasteiger partial charge in [0, 0.05) is 50.2 Å². The Labute approximate surface area is 206 Å². The minimum absolute atomic E-state index is 0.175. The maximum Gasteiger partial charge on any atom is 0.336 e. The van der Waals surface area contributed by atoms with Gasteiger partial charge in [-0.15, -0.1) is 17.7 Å².